The molecule has 7 heteroatoms. The molecule has 0 amide bonds. The summed E-state index contributed by atoms with van der Waals surface area (Å²) in [7, 11) is 0. The summed E-state index contributed by atoms with van der Waals surface area (Å²) in [5.74, 6) is 1.52. The fourth-order valence-corrected chi connectivity index (χ4v) is 4.97. The number of hydroxylamine groups is 2. The Morgan fingerprint density at radius 3 is 2.66 bits per heavy atom. The van der Waals surface area contributed by atoms with Crippen molar-refractivity contribution < 1.29 is 19.1 Å². The van der Waals surface area contributed by atoms with E-state index in [1.165, 1.54) is 31.5 Å². The molecule has 0 radical (unpaired) electrons. The van der Waals surface area contributed by atoms with Crippen molar-refractivity contribution in [1.82, 2.24) is 14.9 Å². The molecule has 2 atom stereocenters. The third-order valence-electron chi connectivity index (χ3n) is 6.55. The lowest BCUT2D eigenvalue weighted by Crippen LogP contribution is -2.57. The smallest absolute Gasteiger partial charge is 0.493 e. The molecule has 0 unspecified atom stereocenters. The van der Waals surface area contributed by atoms with Gasteiger partial charge in [-0.15, -0.1) is 5.06 Å². The van der Waals surface area contributed by atoms with Gasteiger partial charge >= 0.3 is 6.16 Å². The van der Waals surface area contributed by atoms with Crippen LogP contribution in [0.3, 0.4) is 0 Å². The van der Waals surface area contributed by atoms with Gasteiger partial charge in [-0.25, -0.2) is 4.79 Å². The average molecular weight is 446 g/mol. The Kier molecular flexibility index (Phi) is 7.59. The third kappa shape index (κ3) is 6.83. The van der Waals surface area contributed by atoms with Crippen molar-refractivity contribution in [3.8, 4) is 5.75 Å². The molecule has 0 bridgehead atoms. The highest BCUT2D eigenvalue weighted by Crippen LogP contribution is 2.27. The maximum Gasteiger partial charge on any atom is 0.528 e. The van der Waals surface area contributed by atoms with Gasteiger partial charge in [-0.05, 0) is 77.2 Å². The molecule has 4 rings (SSSR count). The van der Waals surface area contributed by atoms with Gasteiger partial charge in [0.2, 0.25) is 0 Å². The van der Waals surface area contributed by atoms with E-state index in [1.807, 2.05) is 20.8 Å². The van der Waals surface area contributed by atoms with E-state index in [2.05, 4.69) is 34.1 Å². The van der Waals surface area contributed by atoms with Crippen LogP contribution in [-0.2, 0) is 16.1 Å². The Morgan fingerprint density at radius 1 is 1.06 bits per heavy atom. The fraction of sp³-hybridized carbons (Fsp3) is 0.720. The molecular formula is C25H39N3O4. The first-order valence-corrected chi connectivity index (χ1v) is 12.2. The number of fused-ring (bicyclic) bond motifs is 1. The van der Waals surface area contributed by atoms with Gasteiger partial charge in [0.05, 0.1) is 13.2 Å². The molecule has 178 valence electrons. The van der Waals surface area contributed by atoms with Gasteiger partial charge in [0.1, 0.15) is 11.4 Å². The predicted molar refractivity (Wildman–Crippen MR) is 123 cm³/mol. The van der Waals surface area contributed by atoms with Crippen LogP contribution in [0.1, 0.15) is 52.0 Å². The molecule has 3 saturated heterocycles. The van der Waals surface area contributed by atoms with Crippen LogP contribution >= 0.6 is 0 Å². The van der Waals surface area contributed by atoms with E-state index in [0.29, 0.717) is 18.5 Å². The first-order chi connectivity index (χ1) is 15.3. The molecule has 3 heterocycles. The largest absolute Gasteiger partial charge is 0.528 e. The first-order valence-electron chi connectivity index (χ1n) is 12.2. The maximum absolute atomic E-state index is 12.0. The van der Waals surface area contributed by atoms with Crippen LogP contribution in [0.25, 0.3) is 0 Å². The molecule has 32 heavy (non-hydrogen) atoms. The SMILES string of the molecule is CC(C)(C)OC(=O)ON1CCN2C[C@H](COc3cccc(CN4CCCC4)c3)CC[C@H]2C1. The van der Waals surface area contributed by atoms with Crippen molar-refractivity contribution in [2.24, 2.45) is 5.92 Å². The number of benzene rings is 1. The molecule has 0 saturated carbocycles. The van der Waals surface area contributed by atoms with Crippen LogP contribution in [0.5, 0.6) is 5.75 Å². The van der Waals surface area contributed by atoms with Gasteiger partial charge in [-0.1, -0.05) is 12.1 Å². The van der Waals surface area contributed by atoms with Crippen LogP contribution in [0.2, 0.25) is 0 Å². The Hall–Kier alpha value is -1.83. The van der Waals surface area contributed by atoms with E-state index < -0.39 is 11.8 Å². The number of carbonyl (C=O) groups is 1. The Balaban J connectivity index is 1.20. The van der Waals surface area contributed by atoms with Crippen molar-refractivity contribution in [1.29, 1.82) is 0 Å². The van der Waals surface area contributed by atoms with E-state index in [0.717, 1.165) is 51.4 Å². The summed E-state index contributed by atoms with van der Waals surface area (Å²) in [6.07, 6.45) is 4.26. The van der Waals surface area contributed by atoms with Crippen LogP contribution in [-0.4, -0.2) is 78.5 Å². The number of hydrogen-bond acceptors (Lipinski definition) is 7. The number of piperazine rings is 1. The monoisotopic (exact) mass is 445 g/mol. The highest BCUT2D eigenvalue weighted by Gasteiger charge is 2.35. The summed E-state index contributed by atoms with van der Waals surface area (Å²) in [6, 6.07) is 9.02. The molecular weight excluding hydrogens is 406 g/mol. The van der Waals surface area contributed by atoms with Crippen LogP contribution in [0.4, 0.5) is 4.79 Å². The molecule has 7 nitrogen and oxygen atoms in total. The average Bonchev–Trinajstić information content (AvgIpc) is 3.24. The normalized spacial score (nSPS) is 25.3. The van der Waals surface area contributed by atoms with E-state index >= 15 is 0 Å². The second kappa shape index (κ2) is 10.4. The summed E-state index contributed by atoms with van der Waals surface area (Å²) in [5, 5.41) is 1.76. The standard InChI is InChI=1S/C25H39N3O4/c1-25(2,3)31-24(29)32-28-14-13-27-17-21(9-10-22(27)18-28)19-30-23-8-6-7-20(15-23)16-26-11-4-5-12-26/h6-8,15,21-22H,4-5,9-14,16-19H2,1-3H3/t21-,22+/m1/s1. The van der Waals surface area contributed by atoms with Crippen LogP contribution < -0.4 is 4.74 Å². The van der Waals surface area contributed by atoms with Gasteiger partial charge in [0, 0.05) is 38.1 Å². The number of piperidine rings is 1. The lowest BCUT2D eigenvalue weighted by molar-refractivity contribution is -0.173. The van der Waals surface area contributed by atoms with Crippen molar-refractivity contribution in [3.05, 3.63) is 29.8 Å². The molecule has 3 aliphatic heterocycles. The molecule has 0 spiro atoms. The van der Waals surface area contributed by atoms with E-state index in [1.54, 1.807) is 5.06 Å². The Labute approximate surface area is 192 Å². The minimum Gasteiger partial charge on any atom is -0.493 e. The maximum atomic E-state index is 12.0. The summed E-state index contributed by atoms with van der Waals surface area (Å²) >= 11 is 0. The third-order valence-corrected chi connectivity index (χ3v) is 6.55. The number of hydrogen-bond donors (Lipinski definition) is 0. The Morgan fingerprint density at radius 2 is 1.88 bits per heavy atom. The second-order valence-corrected chi connectivity index (χ2v) is 10.5. The molecule has 1 aromatic carbocycles. The minimum atomic E-state index is -0.611. The lowest BCUT2D eigenvalue weighted by atomic mass is 9.92. The highest BCUT2D eigenvalue weighted by molar-refractivity contribution is 5.60. The number of ether oxygens (including phenoxy) is 2. The van der Waals surface area contributed by atoms with E-state index in [4.69, 9.17) is 14.3 Å². The van der Waals surface area contributed by atoms with Crippen LogP contribution in [0.15, 0.2) is 24.3 Å². The summed E-state index contributed by atoms with van der Waals surface area (Å²) in [6.45, 7) is 13.1. The van der Waals surface area contributed by atoms with Crippen molar-refractivity contribution >= 4 is 6.16 Å². The van der Waals surface area contributed by atoms with Gasteiger partial charge in [-0.3, -0.25) is 9.80 Å². The van der Waals surface area contributed by atoms with E-state index in [-0.39, 0.29) is 0 Å². The van der Waals surface area contributed by atoms with Gasteiger partial charge in [0.25, 0.3) is 0 Å². The van der Waals surface area contributed by atoms with Crippen molar-refractivity contribution in [2.45, 2.75) is 64.6 Å². The zero-order valence-electron chi connectivity index (χ0n) is 19.9. The lowest BCUT2D eigenvalue weighted by Gasteiger charge is -2.45. The zero-order chi connectivity index (χ0) is 22.6. The molecule has 3 fully saturated rings. The fourth-order valence-electron chi connectivity index (χ4n) is 4.97. The summed E-state index contributed by atoms with van der Waals surface area (Å²) in [4.78, 5) is 22.4. The number of likely N-dealkylation sites (tertiary alicyclic amines) is 1. The molecule has 1 aromatic rings. The minimum absolute atomic E-state index is 0.422. The summed E-state index contributed by atoms with van der Waals surface area (Å²) < 4.78 is 11.5. The van der Waals surface area contributed by atoms with E-state index in [9.17, 15) is 4.79 Å². The topological polar surface area (TPSA) is 54.5 Å². The quantitative estimate of drug-likeness (QED) is 0.615. The summed E-state index contributed by atoms with van der Waals surface area (Å²) in [5.41, 5.74) is 0.805. The highest BCUT2D eigenvalue weighted by atomic mass is 16.8. The Bertz CT molecular complexity index is 760. The van der Waals surface area contributed by atoms with Gasteiger partial charge < -0.3 is 14.3 Å². The zero-order valence-corrected chi connectivity index (χ0v) is 19.9. The second-order valence-electron chi connectivity index (χ2n) is 10.5. The van der Waals surface area contributed by atoms with Crippen LogP contribution in [0, 0.1) is 5.92 Å². The van der Waals surface area contributed by atoms with Crippen molar-refractivity contribution in [3.63, 3.8) is 0 Å². The number of carbonyl (C=O) groups excluding carboxylic acids is 1. The molecule has 0 N–H and O–H groups in total. The number of nitrogens with zero attached hydrogens (tertiary/aromatic N) is 3. The molecule has 0 aliphatic carbocycles. The number of rotatable bonds is 6. The molecule has 0 aromatic heterocycles. The first kappa shape index (κ1) is 23.3. The van der Waals surface area contributed by atoms with Gasteiger partial charge in [-0.2, -0.15) is 0 Å². The van der Waals surface area contributed by atoms with Crippen molar-refractivity contribution in [2.75, 3.05) is 45.9 Å². The molecule has 3 aliphatic rings. The van der Waals surface area contributed by atoms with Gasteiger partial charge in [0.15, 0.2) is 0 Å². The predicted octanol–water partition coefficient (Wildman–Crippen LogP) is 3.92.